The van der Waals surface area contributed by atoms with Crippen LogP contribution in [0.4, 0.5) is 5.82 Å². The number of rotatable bonds is 2. The van der Waals surface area contributed by atoms with Gasteiger partial charge in [0.25, 0.3) is 5.91 Å². The zero-order valence-corrected chi connectivity index (χ0v) is 11.7. The molecular weight excluding hydrogens is 248 g/mol. The number of carbonyl (C=O) groups is 1. The summed E-state index contributed by atoms with van der Waals surface area (Å²) < 4.78 is 1.81. The Balaban J connectivity index is 2.27. The van der Waals surface area contributed by atoms with Gasteiger partial charge >= 0.3 is 0 Å². The second kappa shape index (κ2) is 4.53. The van der Waals surface area contributed by atoms with Gasteiger partial charge in [-0.3, -0.25) is 4.79 Å². The lowest BCUT2D eigenvalue weighted by atomic mass is 10.1. The molecule has 1 amide bonds. The highest BCUT2D eigenvalue weighted by molar-refractivity contribution is 7.07. The van der Waals surface area contributed by atoms with Crippen LogP contribution in [-0.4, -0.2) is 20.7 Å². The van der Waals surface area contributed by atoms with Crippen LogP contribution in [0.25, 0.3) is 0 Å². The van der Waals surface area contributed by atoms with E-state index in [4.69, 9.17) is 0 Å². The first-order valence-electron chi connectivity index (χ1n) is 5.64. The average Bonchev–Trinajstić information content (AvgIpc) is 2.85. The van der Waals surface area contributed by atoms with E-state index in [2.05, 4.69) is 15.4 Å². The molecule has 2 aromatic heterocycles. The lowest BCUT2D eigenvalue weighted by Crippen LogP contribution is -2.26. The number of hydrogen-bond acceptors (Lipinski definition) is 4. The number of aryl methyl sites for hydroxylation is 1. The van der Waals surface area contributed by atoms with Crippen LogP contribution in [-0.2, 0) is 5.54 Å². The van der Waals surface area contributed by atoms with Crippen LogP contribution < -0.4 is 5.32 Å². The zero-order valence-electron chi connectivity index (χ0n) is 10.9. The van der Waals surface area contributed by atoms with Gasteiger partial charge in [-0.2, -0.15) is 5.10 Å². The Morgan fingerprint density at radius 1 is 1.44 bits per heavy atom. The quantitative estimate of drug-likeness (QED) is 0.907. The summed E-state index contributed by atoms with van der Waals surface area (Å²) >= 11 is 1.40. The number of nitrogens with zero attached hydrogens (tertiary/aromatic N) is 3. The van der Waals surface area contributed by atoms with Crippen molar-refractivity contribution < 1.29 is 4.79 Å². The minimum atomic E-state index is -0.207. The van der Waals surface area contributed by atoms with Crippen LogP contribution >= 0.6 is 11.3 Å². The molecule has 0 aliphatic heterocycles. The van der Waals surface area contributed by atoms with E-state index in [-0.39, 0.29) is 11.4 Å². The van der Waals surface area contributed by atoms with Crippen molar-refractivity contribution in [1.29, 1.82) is 0 Å². The van der Waals surface area contributed by atoms with E-state index in [0.29, 0.717) is 11.5 Å². The van der Waals surface area contributed by atoms with Gasteiger partial charge < -0.3 is 5.32 Å². The molecule has 2 aromatic rings. The maximum atomic E-state index is 12.0. The summed E-state index contributed by atoms with van der Waals surface area (Å²) in [5.74, 6) is 0.486. The fourth-order valence-electron chi connectivity index (χ4n) is 1.60. The van der Waals surface area contributed by atoms with Gasteiger partial charge in [-0.05, 0) is 27.7 Å². The maximum absolute atomic E-state index is 12.0. The first-order chi connectivity index (χ1) is 8.38. The predicted octanol–water partition coefficient (Wildman–Crippen LogP) is 2.66. The molecule has 0 spiro atoms. The Morgan fingerprint density at radius 3 is 2.72 bits per heavy atom. The summed E-state index contributed by atoms with van der Waals surface area (Å²) in [6.07, 6.45) is 0. The molecule has 96 valence electrons. The Bertz CT molecular complexity index is 551. The zero-order chi connectivity index (χ0) is 13.3. The lowest BCUT2D eigenvalue weighted by molar-refractivity contribution is 0.102. The number of amides is 1. The minimum Gasteiger partial charge on any atom is -0.305 e. The molecule has 0 bridgehead atoms. The summed E-state index contributed by atoms with van der Waals surface area (Å²) in [6.45, 7) is 8.02. The van der Waals surface area contributed by atoms with Gasteiger partial charge in [-0.1, -0.05) is 0 Å². The van der Waals surface area contributed by atoms with Crippen molar-refractivity contribution in [2.45, 2.75) is 33.2 Å². The number of hydrogen-bond donors (Lipinski definition) is 1. The molecule has 6 heteroatoms. The lowest BCUT2D eigenvalue weighted by Gasteiger charge is -2.22. The number of nitrogens with one attached hydrogen (secondary N) is 1. The smallest absolute Gasteiger partial charge is 0.276 e. The van der Waals surface area contributed by atoms with Crippen LogP contribution in [0.2, 0.25) is 0 Å². The third-order valence-electron chi connectivity index (χ3n) is 2.37. The first kappa shape index (κ1) is 12.8. The Hall–Kier alpha value is -1.69. The molecule has 2 heterocycles. The van der Waals surface area contributed by atoms with Gasteiger partial charge in [-0.25, -0.2) is 9.67 Å². The normalized spacial score (nSPS) is 11.6. The molecule has 5 nitrogen and oxygen atoms in total. The molecule has 0 aromatic carbocycles. The molecule has 0 atom stereocenters. The number of thiazole rings is 1. The fraction of sp³-hybridized carbons (Fsp3) is 0.417. The van der Waals surface area contributed by atoms with Gasteiger partial charge in [0.15, 0.2) is 0 Å². The fourth-order valence-corrected chi connectivity index (χ4v) is 2.14. The molecule has 2 rings (SSSR count). The molecule has 0 saturated carbocycles. The van der Waals surface area contributed by atoms with Crippen LogP contribution in [0, 0.1) is 6.92 Å². The molecule has 0 saturated heterocycles. The maximum Gasteiger partial charge on any atom is 0.276 e. The Labute approximate surface area is 110 Å². The van der Waals surface area contributed by atoms with E-state index in [0.717, 1.165) is 5.69 Å². The van der Waals surface area contributed by atoms with Crippen LogP contribution in [0.15, 0.2) is 17.0 Å². The topological polar surface area (TPSA) is 59.8 Å². The van der Waals surface area contributed by atoms with Gasteiger partial charge in [-0.15, -0.1) is 11.3 Å². The Morgan fingerprint density at radius 2 is 2.17 bits per heavy atom. The molecule has 18 heavy (non-hydrogen) atoms. The monoisotopic (exact) mass is 264 g/mol. The Kier molecular flexibility index (Phi) is 3.21. The average molecular weight is 264 g/mol. The second-order valence-electron chi connectivity index (χ2n) is 5.08. The van der Waals surface area contributed by atoms with E-state index in [9.17, 15) is 4.79 Å². The van der Waals surface area contributed by atoms with Crippen molar-refractivity contribution in [3.63, 3.8) is 0 Å². The van der Waals surface area contributed by atoms with Gasteiger partial charge in [0.05, 0.1) is 16.7 Å². The highest BCUT2D eigenvalue weighted by atomic mass is 32.1. The van der Waals surface area contributed by atoms with E-state index in [1.807, 2.05) is 38.4 Å². The second-order valence-corrected chi connectivity index (χ2v) is 5.80. The van der Waals surface area contributed by atoms with Crippen molar-refractivity contribution >= 4 is 23.1 Å². The predicted molar refractivity (Wildman–Crippen MR) is 72.0 cm³/mol. The molecule has 0 radical (unpaired) electrons. The summed E-state index contributed by atoms with van der Waals surface area (Å²) in [7, 11) is 0. The highest BCUT2D eigenvalue weighted by Gasteiger charge is 2.20. The molecule has 0 aliphatic rings. The molecule has 0 unspecified atom stereocenters. The summed E-state index contributed by atoms with van der Waals surface area (Å²) in [6, 6.07) is 1.86. The number of aromatic nitrogens is 3. The van der Waals surface area contributed by atoms with Crippen LogP contribution in [0.3, 0.4) is 0 Å². The van der Waals surface area contributed by atoms with E-state index in [1.165, 1.54) is 11.3 Å². The van der Waals surface area contributed by atoms with Crippen molar-refractivity contribution in [2.24, 2.45) is 0 Å². The van der Waals surface area contributed by atoms with Gasteiger partial charge in [0.2, 0.25) is 0 Å². The third kappa shape index (κ3) is 2.59. The SMILES string of the molecule is Cc1cc(NC(=O)c2cscn2)n(C(C)(C)C)n1. The van der Waals surface area contributed by atoms with E-state index < -0.39 is 0 Å². The molecular formula is C12H16N4OS. The number of anilines is 1. The van der Waals surface area contributed by atoms with Crippen molar-refractivity contribution in [1.82, 2.24) is 14.8 Å². The van der Waals surface area contributed by atoms with Gasteiger partial charge in [0, 0.05) is 11.4 Å². The van der Waals surface area contributed by atoms with Crippen molar-refractivity contribution in [3.8, 4) is 0 Å². The van der Waals surface area contributed by atoms with E-state index >= 15 is 0 Å². The van der Waals surface area contributed by atoms with Gasteiger partial charge in [0.1, 0.15) is 11.5 Å². The highest BCUT2D eigenvalue weighted by Crippen LogP contribution is 2.21. The van der Waals surface area contributed by atoms with E-state index in [1.54, 1.807) is 10.9 Å². The molecule has 0 aliphatic carbocycles. The van der Waals surface area contributed by atoms with Crippen molar-refractivity contribution in [3.05, 3.63) is 28.3 Å². The largest absolute Gasteiger partial charge is 0.305 e. The number of carbonyl (C=O) groups excluding carboxylic acids is 1. The standard InChI is InChI=1S/C12H16N4OS/c1-8-5-10(16(15-8)12(2,3)4)14-11(17)9-6-18-7-13-9/h5-7H,1-4H3,(H,14,17). The first-order valence-corrected chi connectivity index (χ1v) is 6.59. The molecule has 1 N–H and O–H groups in total. The van der Waals surface area contributed by atoms with Crippen LogP contribution in [0.5, 0.6) is 0 Å². The third-order valence-corrected chi connectivity index (χ3v) is 2.96. The molecule has 0 fully saturated rings. The summed E-state index contributed by atoms with van der Waals surface area (Å²) in [4.78, 5) is 15.9. The minimum absolute atomic E-state index is 0.182. The summed E-state index contributed by atoms with van der Waals surface area (Å²) in [5, 5.41) is 8.97. The summed E-state index contributed by atoms with van der Waals surface area (Å²) in [5.41, 5.74) is 2.76. The van der Waals surface area contributed by atoms with Crippen LogP contribution in [0.1, 0.15) is 37.0 Å². The van der Waals surface area contributed by atoms with Crippen molar-refractivity contribution in [2.75, 3.05) is 5.32 Å².